The lowest BCUT2D eigenvalue weighted by Gasteiger charge is -2.01. The summed E-state index contributed by atoms with van der Waals surface area (Å²) < 4.78 is 4.87. The Hall–Kier alpha value is -1.36. The second kappa shape index (κ2) is 4.44. The number of nitrogens with one attached hydrogen (secondary N) is 2. The van der Waals surface area contributed by atoms with E-state index in [2.05, 4.69) is 15.8 Å². The number of anilines is 1. The molecule has 0 aliphatic heterocycles. The van der Waals surface area contributed by atoms with Crippen LogP contribution >= 0.6 is 0 Å². The summed E-state index contributed by atoms with van der Waals surface area (Å²) in [7, 11) is 0. The minimum atomic E-state index is -0.0423. The third-order valence-electron chi connectivity index (χ3n) is 2.25. The molecule has 1 heterocycles. The van der Waals surface area contributed by atoms with Crippen LogP contribution in [0, 0.1) is 6.92 Å². The molecule has 0 unspecified atom stereocenters. The SMILES string of the molecule is Cc1cc(NC(=O)CCNC2CC2)on1. The number of rotatable bonds is 5. The van der Waals surface area contributed by atoms with Gasteiger partial charge in [0.1, 0.15) is 0 Å². The van der Waals surface area contributed by atoms with Crippen LogP contribution in [0.3, 0.4) is 0 Å². The lowest BCUT2D eigenvalue weighted by molar-refractivity contribution is -0.116. The van der Waals surface area contributed by atoms with E-state index < -0.39 is 0 Å². The monoisotopic (exact) mass is 209 g/mol. The molecule has 5 nitrogen and oxygen atoms in total. The first-order valence-electron chi connectivity index (χ1n) is 5.20. The maximum atomic E-state index is 11.4. The Morgan fingerprint density at radius 3 is 3.07 bits per heavy atom. The van der Waals surface area contributed by atoms with E-state index >= 15 is 0 Å². The lowest BCUT2D eigenvalue weighted by atomic mass is 10.4. The maximum Gasteiger partial charge on any atom is 0.231 e. The zero-order chi connectivity index (χ0) is 10.7. The first kappa shape index (κ1) is 10.2. The molecule has 2 N–H and O–H groups in total. The molecule has 1 saturated carbocycles. The van der Waals surface area contributed by atoms with Gasteiger partial charge in [0.15, 0.2) is 0 Å². The molecule has 0 bridgehead atoms. The predicted molar refractivity (Wildman–Crippen MR) is 55.5 cm³/mol. The quantitative estimate of drug-likeness (QED) is 0.761. The van der Waals surface area contributed by atoms with E-state index in [9.17, 15) is 4.79 Å². The summed E-state index contributed by atoms with van der Waals surface area (Å²) in [4.78, 5) is 11.4. The van der Waals surface area contributed by atoms with Crippen molar-refractivity contribution in [1.29, 1.82) is 0 Å². The van der Waals surface area contributed by atoms with Crippen LogP contribution in [-0.2, 0) is 4.79 Å². The van der Waals surface area contributed by atoms with Crippen molar-refractivity contribution in [2.24, 2.45) is 0 Å². The molecule has 5 heteroatoms. The fourth-order valence-corrected chi connectivity index (χ4v) is 1.30. The molecule has 15 heavy (non-hydrogen) atoms. The van der Waals surface area contributed by atoms with Crippen LogP contribution in [0.4, 0.5) is 5.88 Å². The largest absolute Gasteiger partial charge is 0.338 e. The van der Waals surface area contributed by atoms with Crippen LogP contribution in [0.2, 0.25) is 0 Å². The molecule has 0 spiro atoms. The van der Waals surface area contributed by atoms with Crippen molar-refractivity contribution >= 4 is 11.8 Å². The van der Waals surface area contributed by atoms with Gasteiger partial charge in [-0.2, -0.15) is 0 Å². The smallest absolute Gasteiger partial charge is 0.231 e. The van der Waals surface area contributed by atoms with Crippen LogP contribution in [-0.4, -0.2) is 23.7 Å². The first-order chi connectivity index (χ1) is 7.24. The van der Waals surface area contributed by atoms with Gasteiger partial charge in [-0.05, 0) is 19.8 Å². The molecule has 0 atom stereocenters. The van der Waals surface area contributed by atoms with Gasteiger partial charge >= 0.3 is 0 Å². The fourth-order valence-electron chi connectivity index (χ4n) is 1.30. The number of hydrogen-bond donors (Lipinski definition) is 2. The highest BCUT2D eigenvalue weighted by Gasteiger charge is 2.20. The van der Waals surface area contributed by atoms with Crippen molar-refractivity contribution in [2.45, 2.75) is 32.2 Å². The Labute approximate surface area is 88.2 Å². The molecule has 0 radical (unpaired) electrons. The summed E-state index contributed by atoms with van der Waals surface area (Å²) in [6.07, 6.45) is 2.95. The van der Waals surface area contributed by atoms with Gasteiger partial charge in [0.25, 0.3) is 0 Å². The number of aromatic nitrogens is 1. The average Bonchev–Trinajstić information content (AvgIpc) is 2.91. The van der Waals surface area contributed by atoms with Gasteiger partial charge in [-0.1, -0.05) is 5.16 Å². The topological polar surface area (TPSA) is 67.2 Å². The van der Waals surface area contributed by atoms with E-state index in [1.54, 1.807) is 6.07 Å². The van der Waals surface area contributed by atoms with Crippen LogP contribution < -0.4 is 10.6 Å². The zero-order valence-corrected chi connectivity index (χ0v) is 8.75. The Balaban J connectivity index is 1.67. The van der Waals surface area contributed by atoms with Crippen LogP contribution in [0.25, 0.3) is 0 Å². The minimum absolute atomic E-state index is 0.0423. The number of carbonyl (C=O) groups is 1. The number of nitrogens with zero attached hydrogens (tertiary/aromatic N) is 1. The third-order valence-corrected chi connectivity index (χ3v) is 2.25. The molecule has 1 aromatic heterocycles. The number of aryl methyl sites for hydroxylation is 1. The summed E-state index contributed by atoms with van der Waals surface area (Å²) in [6.45, 7) is 2.54. The van der Waals surface area contributed by atoms with E-state index in [0.29, 0.717) is 18.3 Å². The van der Waals surface area contributed by atoms with Crippen LogP contribution in [0.15, 0.2) is 10.6 Å². The summed E-state index contributed by atoms with van der Waals surface area (Å²) in [5.74, 6) is 0.378. The number of amides is 1. The van der Waals surface area contributed by atoms with Crippen molar-refractivity contribution in [2.75, 3.05) is 11.9 Å². The van der Waals surface area contributed by atoms with Gasteiger partial charge in [-0.3, -0.25) is 10.1 Å². The summed E-state index contributed by atoms with van der Waals surface area (Å²) in [5, 5.41) is 9.60. The molecule has 1 aliphatic rings. The van der Waals surface area contributed by atoms with Gasteiger partial charge in [0.05, 0.1) is 5.69 Å². The predicted octanol–water partition coefficient (Wildman–Crippen LogP) is 1.06. The molecule has 1 aromatic rings. The van der Waals surface area contributed by atoms with Crippen molar-refractivity contribution in [3.8, 4) is 0 Å². The highest BCUT2D eigenvalue weighted by atomic mass is 16.5. The maximum absolute atomic E-state index is 11.4. The Morgan fingerprint density at radius 2 is 2.47 bits per heavy atom. The number of carbonyl (C=O) groups excluding carboxylic acids is 1. The van der Waals surface area contributed by atoms with Gasteiger partial charge in [-0.25, -0.2) is 0 Å². The highest BCUT2D eigenvalue weighted by molar-refractivity contribution is 5.89. The van der Waals surface area contributed by atoms with E-state index in [4.69, 9.17) is 4.52 Å². The van der Waals surface area contributed by atoms with Crippen molar-refractivity contribution in [3.63, 3.8) is 0 Å². The molecule has 82 valence electrons. The van der Waals surface area contributed by atoms with Gasteiger partial charge < -0.3 is 9.84 Å². The average molecular weight is 209 g/mol. The highest BCUT2D eigenvalue weighted by Crippen LogP contribution is 2.18. The van der Waals surface area contributed by atoms with E-state index in [1.807, 2.05) is 6.92 Å². The van der Waals surface area contributed by atoms with Crippen molar-refractivity contribution in [1.82, 2.24) is 10.5 Å². The standard InChI is InChI=1S/C10H15N3O2/c1-7-6-10(15-13-7)12-9(14)4-5-11-8-2-3-8/h6,8,11H,2-5H2,1H3,(H,12,14). The lowest BCUT2D eigenvalue weighted by Crippen LogP contribution is -2.23. The molecule has 0 aromatic carbocycles. The van der Waals surface area contributed by atoms with Crippen molar-refractivity contribution in [3.05, 3.63) is 11.8 Å². The van der Waals surface area contributed by atoms with Crippen LogP contribution in [0.1, 0.15) is 25.0 Å². The molecule has 2 rings (SSSR count). The molecule has 1 amide bonds. The molecule has 0 saturated heterocycles. The van der Waals surface area contributed by atoms with E-state index in [0.717, 1.165) is 12.2 Å². The normalized spacial score (nSPS) is 15.3. The number of hydrogen-bond acceptors (Lipinski definition) is 4. The van der Waals surface area contributed by atoms with Gasteiger partial charge in [0.2, 0.25) is 11.8 Å². The first-order valence-corrected chi connectivity index (χ1v) is 5.20. The second-order valence-electron chi connectivity index (χ2n) is 3.86. The van der Waals surface area contributed by atoms with Gasteiger partial charge in [-0.15, -0.1) is 0 Å². The second-order valence-corrected chi connectivity index (χ2v) is 3.86. The molecular formula is C10H15N3O2. The molecule has 1 aliphatic carbocycles. The summed E-state index contributed by atoms with van der Waals surface area (Å²) >= 11 is 0. The minimum Gasteiger partial charge on any atom is -0.338 e. The summed E-state index contributed by atoms with van der Waals surface area (Å²) in [5.41, 5.74) is 0.765. The molecule has 1 fully saturated rings. The van der Waals surface area contributed by atoms with Gasteiger partial charge in [0, 0.05) is 25.1 Å². The molecular weight excluding hydrogens is 194 g/mol. The van der Waals surface area contributed by atoms with Crippen molar-refractivity contribution < 1.29 is 9.32 Å². The fraction of sp³-hybridized carbons (Fsp3) is 0.600. The Morgan fingerprint density at radius 1 is 1.67 bits per heavy atom. The van der Waals surface area contributed by atoms with E-state index in [-0.39, 0.29) is 5.91 Å². The summed E-state index contributed by atoms with van der Waals surface area (Å²) in [6, 6.07) is 2.34. The van der Waals surface area contributed by atoms with Crippen LogP contribution in [0.5, 0.6) is 0 Å². The zero-order valence-electron chi connectivity index (χ0n) is 8.75. The third kappa shape index (κ3) is 3.36. The Bertz CT molecular complexity index is 344. The Kier molecular flexibility index (Phi) is 3.01. The van der Waals surface area contributed by atoms with E-state index in [1.165, 1.54) is 12.8 Å².